The predicted molar refractivity (Wildman–Crippen MR) is 118 cm³/mol. The molecule has 1 fully saturated rings. The number of pyridine rings is 1. The number of anilines is 1. The summed E-state index contributed by atoms with van der Waals surface area (Å²) in [6, 6.07) is 5.80. The Morgan fingerprint density at radius 1 is 0.970 bits per heavy atom. The number of carbonyl (C=O) groups excluding carboxylic acids is 1. The van der Waals surface area contributed by atoms with Gasteiger partial charge in [-0.25, -0.2) is 4.98 Å². The molecule has 0 unspecified atom stereocenters. The van der Waals surface area contributed by atoms with E-state index in [0.29, 0.717) is 61.2 Å². The molecule has 1 aromatic heterocycles. The van der Waals surface area contributed by atoms with Crippen LogP contribution in [0.15, 0.2) is 36.5 Å². The summed E-state index contributed by atoms with van der Waals surface area (Å²) < 4.78 is 54.3. The van der Waals surface area contributed by atoms with Crippen molar-refractivity contribution in [2.75, 3.05) is 52.4 Å². The second-order valence-electron chi connectivity index (χ2n) is 7.35. The summed E-state index contributed by atoms with van der Waals surface area (Å²) in [5, 5.41) is 0. The van der Waals surface area contributed by atoms with E-state index in [0.717, 1.165) is 12.3 Å². The monoisotopic (exact) mass is 465 g/mol. The lowest BCUT2D eigenvalue weighted by molar-refractivity contribution is -0.137. The van der Waals surface area contributed by atoms with E-state index in [1.165, 1.54) is 33.5 Å². The standard InChI is InChI=1S/C23H26F3N3O4/c1-31-18-14-20(33-3)19(32-2)13-16(18)5-8-22(30)29-10-4-9-28(11-12-29)21-7-6-17(15-27-21)23(24,25)26/h5-8,13-15H,4,9-12H2,1-3H3/b8-5+. The van der Waals surface area contributed by atoms with Gasteiger partial charge >= 0.3 is 6.18 Å². The third-order valence-electron chi connectivity index (χ3n) is 5.35. The smallest absolute Gasteiger partial charge is 0.417 e. The van der Waals surface area contributed by atoms with Crippen molar-refractivity contribution in [3.8, 4) is 17.2 Å². The van der Waals surface area contributed by atoms with Crippen LogP contribution < -0.4 is 19.1 Å². The molecule has 1 saturated heterocycles. The van der Waals surface area contributed by atoms with Crippen LogP contribution in [-0.4, -0.2) is 63.3 Å². The Hall–Kier alpha value is -3.43. The van der Waals surface area contributed by atoms with Gasteiger partial charge in [0.05, 0.1) is 26.9 Å². The van der Waals surface area contributed by atoms with E-state index in [-0.39, 0.29) is 5.91 Å². The highest BCUT2D eigenvalue weighted by Crippen LogP contribution is 2.35. The molecule has 1 aromatic carbocycles. The van der Waals surface area contributed by atoms with Crippen molar-refractivity contribution in [2.24, 2.45) is 0 Å². The molecule has 178 valence electrons. The zero-order chi connectivity index (χ0) is 24.0. The molecule has 33 heavy (non-hydrogen) atoms. The van der Waals surface area contributed by atoms with Crippen LogP contribution in [0.5, 0.6) is 17.2 Å². The lowest BCUT2D eigenvalue weighted by Crippen LogP contribution is -2.34. The van der Waals surface area contributed by atoms with Crippen molar-refractivity contribution < 1.29 is 32.2 Å². The summed E-state index contributed by atoms with van der Waals surface area (Å²) in [6.07, 6.45) is 0.208. The molecule has 1 aliphatic rings. The zero-order valence-electron chi connectivity index (χ0n) is 18.7. The van der Waals surface area contributed by atoms with E-state index in [1.807, 2.05) is 4.90 Å². The fourth-order valence-electron chi connectivity index (χ4n) is 3.56. The number of ether oxygens (including phenoxy) is 3. The highest BCUT2D eigenvalue weighted by molar-refractivity contribution is 5.92. The lowest BCUT2D eigenvalue weighted by Gasteiger charge is -2.22. The van der Waals surface area contributed by atoms with Crippen LogP contribution in [-0.2, 0) is 11.0 Å². The van der Waals surface area contributed by atoms with Crippen molar-refractivity contribution in [2.45, 2.75) is 12.6 Å². The van der Waals surface area contributed by atoms with Crippen molar-refractivity contribution in [3.05, 3.63) is 47.7 Å². The van der Waals surface area contributed by atoms with Crippen molar-refractivity contribution >= 4 is 17.8 Å². The van der Waals surface area contributed by atoms with Gasteiger partial charge in [0, 0.05) is 50.1 Å². The molecule has 0 N–H and O–H groups in total. The average Bonchev–Trinajstić information content (AvgIpc) is 3.08. The summed E-state index contributed by atoms with van der Waals surface area (Å²) >= 11 is 0. The number of benzene rings is 1. The Bertz CT molecular complexity index is 994. The SMILES string of the molecule is COc1cc(OC)c(OC)cc1/C=C/C(=O)N1CCCN(c2ccc(C(F)(F)F)cn2)CC1. The molecule has 0 radical (unpaired) electrons. The number of hydrogen-bond donors (Lipinski definition) is 0. The van der Waals surface area contributed by atoms with Gasteiger partial charge in [0.1, 0.15) is 11.6 Å². The fourth-order valence-corrected chi connectivity index (χ4v) is 3.56. The molecule has 1 aliphatic heterocycles. The van der Waals surface area contributed by atoms with Crippen LogP contribution >= 0.6 is 0 Å². The Morgan fingerprint density at radius 3 is 2.27 bits per heavy atom. The number of halogens is 3. The Morgan fingerprint density at radius 2 is 1.67 bits per heavy atom. The first kappa shape index (κ1) is 24.2. The second-order valence-corrected chi connectivity index (χ2v) is 7.35. The molecule has 7 nitrogen and oxygen atoms in total. The normalized spacial score (nSPS) is 14.8. The van der Waals surface area contributed by atoms with Crippen LogP contribution in [0.4, 0.5) is 19.0 Å². The predicted octanol–water partition coefficient (Wildman–Crippen LogP) is 3.88. The van der Waals surface area contributed by atoms with E-state index < -0.39 is 11.7 Å². The molecule has 0 aliphatic carbocycles. The van der Waals surface area contributed by atoms with Crippen LogP contribution in [0.3, 0.4) is 0 Å². The van der Waals surface area contributed by atoms with Crippen LogP contribution in [0.1, 0.15) is 17.5 Å². The molecule has 10 heteroatoms. The van der Waals surface area contributed by atoms with Gasteiger partial charge in [0.15, 0.2) is 11.5 Å². The summed E-state index contributed by atoms with van der Waals surface area (Å²) in [4.78, 5) is 20.3. The van der Waals surface area contributed by atoms with E-state index in [1.54, 1.807) is 23.1 Å². The summed E-state index contributed by atoms with van der Waals surface area (Å²) in [6.45, 7) is 2.02. The minimum Gasteiger partial charge on any atom is -0.496 e. The molecular formula is C23H26F3N3O4. The van der Waals surface area contributed by atoms with Gasteiger partial charge in [0.25, 0.3) is 0 Å². The highest BCUT2D eigenvalue weighted by Gasteiger charge is 2.31. The van der Waals surface area contributed by atoms with Crippen LogP contribution in [0, 0.1) is 0 Å². The quantitative estimate of drug-likeness (QED) is 0.604. The number of hydrogen-bond acceptors (Lipinski definition) is 6. The number of rotatable bonds is 6. The minimum absolute atomic E-state index is 0.172. The molecule has 3 rings (SSSR count). The van der Waals surface area contributed by atoms with E-state index in [2.05, 4.69) is 4.98 Å². The van der Waals surface area contributed by atoms with Gasteiger partial charge in [-0.05, 0) is 30.7 Å². The van der Waals surface area contributed by atoms with Gasteiger partial charge in [-0.3, -0.25) is 4.79 Å². The second kappa shape index (κ2) is 10.5. The summed E-state index contributed by atoms with van der Waals surface area (Å²) in [5.41, 5.74) is -0.123. The maximum absolute atomic E-state index is 12.8. The van der Waals surface area contributed by atoms with Crippen LogP contribution in [0.2, 0.25) is 0 Å². The van der Waals surface area contributed by atoms with Gasteiger partial charge in [-0.1, -0.05) is 0 Å². The number of alkyl halides is 3. The zero-order valence-corrected chi connectivity index (χ0v) is 18.7. The number of nitrogens with zero attached hydrogens (tertiary/aromatic N) is 3. The third-order valence-corrected chi connectivity index (χ3v) is 5.35. The molecule has 0 saturated carbocycles. The van der Waals surface area contributed by atoms with E-state index in [9.17, 15) is 18.0 Å². The Kier molecular flexibility index (Phi) is 7.67. The first-order chi connectivity index (χ1) is 15.8. The fraction of sp³-hybridized carbons (Fsp3) is 0.391. The van der Waals surface area contributed by atoms with Crippen molar-refractivity contribution in [1.82, 2.24) is 9.88 Å². The van der Waals surface area contributed by atoms with Crippen molar-refractivity contribution in [1.29, 1.82) is 0 Å². The number of methoxy groups -OCH3 is 3. The van der Waals surface area contributed by atoms with Crippen LogP contribution in [0.25, 0.3) is 6.08 Å². The van der Waals surface area contributed by atoms with Gasteiger partial charge in [-0.15, -0.1) is 0 Å². The van der Waals surface area contributed by atoms with Gasteiger partial charge in [0.2, 0.25) is 5.91 Å². The molecule has 0 bridgehead atoms. The highest BCUT2D eigenvalue weighted by atomic mass is 19.4. The summed E-state index contributed by atoms with van der Waals surface area (Å²) in [5.74, 6) is 1.85. The lowest BCUT2D eigenvalue weighted by atomic mass is 10.1. The van der Waals surface area contributed by atoms with Gasteiger partial charge in [-0.2, -0.15) is 13.2 Å². The molecule has 1 amide bonds. The maximum atomic E-state index is 12.8. The first-order valence-electron chi connectivity index (χ1n) is 10.3. The number of amides is 1. The Labute approximate surface area is 190 Å². The molecular weight excluding hydrogens is 439 g/mol. The maximum Gasteiger partial charge on any atom is 0.417 e. The molecule has 0 spiro atoms. The molecule has 0 atom stereocenters. The summed E-state index contributed by atoms with van der Waals surface area (Å²) in [7, 11) is 4.58. The first-order valence-corrected chi connectivity index (χ1v) is 10.3. The number of carbonyl (C=O) groups is 1. The number of aromatic nitrogens is 1. The van der Waals surface area contributed by atoms with Crippen molar-refractivity contribution in [3.63, 3.8) is 0 Å². The average molecular weight is 465 g/mol. The largest absolute Gasteiger partial charge is 0.496 e. The third kappa shape index (κ3) is 5.88. The van der Waals surface area contributed by atoms with Gasteiger partial charge < -0.3 is 24.0 Å². The molecule has 2 heterocycles. The molecule has 2 aromatic rings. The Balaban J connectivity index is 1.67. The van der Waals surface area contributed by atoms with E-state index in [4.69, 9.17) is 14.2 Å². The topological polar surface area (TPSA) is 64.1 Å². The van der Waals surface area contributed by atoms with E-state index >= 15 is 0 Å². The minimum atomic E-state index is -4.42.